The van der Waals surface area contributed by atoms with Crippen LogP contribution in [-0.4, -0.2) is 9.52 Å². The fourth-order valence-corrected chi connectivity index (χ4v) is 6.44. The van der Waals surface area contributed by atoms with Gasteiger partial charge >= 0.3 is 0 Å². The first-order valence-corrected chi connectivity index (χ1v) is 11.9. The second-order valence-electron chi connectivity index (χ2n) is 8.16. The van der Waals surface area contributed by atoms with Crippen LogP contribution in [0, 0.1) is 0 Å². The van der Waals surface area contributed by atoms with Gasteiger partial charge in [-0.05, 0) is 80.6 Å². The number of hydrogen-bond donors (Lipinski definition) is 0. The minimum Gasteiger partial charge on any atom is -0.0619 e. The van der Waals surface area contributed by atoms with Crippen LogP contribution in [0.1, 0.15) is 33.4 Å². The minimum atomic E-state index is 0.928. The maximum Gasteiger partial charge on any atom is 0.0478 e. The normalized spacial score (nSPS) is 13.0. The first kappa shape index (κ1) is 17.0. The molecule has 4 aromatic carbocycles. The van der Waals surface area contributed by atoms with Crippen LogP contribution in [0.4, 0.5) is 0 Å². The van der Waals surface area contributed by atoms with Crippen LogP contribution in [-0.2, 0) is 24.9 Å². The monoisotopic (exact) mass is 386 g/mol. The summed E-state index contributed by atoms with van der Waals surface area (Å²) in [7, 11) is 0.928. The first-order valence-electron chi connectivity index (χ1n) is 10.5. The molecule has 0 saturated carbocycles. The average molecular weight is 387 g/mol. The summed E-state index contributed by atoms with van der Waals surface area (Å²) in [6, 6.07) is 34.0. The Morgan fingerprint density at radius 3 is 1.45 bits per heavy atom. The highest BCUT2D eigenvalue weighted by Gasteiger charge is 2.22. The standard InChI is InChI=1S/C28H22Si/c1-3-11-23-19(7-1)15-27-21(9-5-13-25(23)27)17-29-18-22-10-6-14-26-24-12-4-2-8-20(24)16-28(22)26/h1-14H,15-18H2. The second kappa shape index (κ2) is 6.86. The molecule has 1 heteroatoms. The minimum absolute atomic E-state index is 0.928. The van der Waals surface area contributed by atoms with Crippen LogP contribution in [0.5, 0.6) is 0 Å². The molecule has 4 aromatic rings. The third-order valence-corrected chi connectivity index (χ3v) is 7.79. The zero-order valence-corrected chi connectivity index (χ0v) is 17.4. The zero-order chi connectivity index (χ0) is 19.2. The molecule has 0 spiro atoms. The summed E-state index contributed by atoms with van der Waals surface area (Å²) in [4.78, 5) is 0. The Morgan fingerprint density at radius 1 is 0.483 bits per heavy atom. The Labute approximate surface area is 175 Å². The van der Waals surface area contributed by atoms with E-state index in [0.29, 0.717) is 0 Å². The maximum absolute atomic E-state index is 2.35. The van der Waals surface area contributed by atoms with Gasteiger partial charge in [0.1, 0.15) is 0 Å². The van der Waals surface area contributed by atoms with E-state index in [1.54, 1.807) is 22.3 Å². The summed E-state index contributed by atoms with van der Waals surface area (Å²) in [6.07, 6.45) is 2.20. The van der Waals surface area contributed by atoms with Crippen molar-refractivity contribution in [3.05, 3.63) is 118 Å². The fraction of sp³-hybridized carbons (Fsp3) is 0.143. The van der Waals surface area contributed by atoms with E-state index in [9.17, 15) is 0 Å². The predicted molar refractivity (Wildman–Crippen MR) is 123 cm³/mol. The van der Waals surface area contributed by atoms with Gasteiger partial charge in [0.15, 0.2) is 0 Å². The number of rotatable bonds is 4. The van der Waals surface area contributed by atoms with E-state index < -0.39 is 0 Å². The summed E-state index contributed by atoms with van der Waals surface area (Å²) in [5, 5.41) is 0. The molecule has 0 heterocycles. The zero-order valence-electron chi connectivity index (χ0n) is 16.4. The molecule has 0 bridgehead atoms. The highest BCUT2D eigenvalue weighted by atomic mass is 28.2. The molecular formula is C28H22Si. The lowest BCUT2D eigenvalue weighted by Gasteiger charge is -2.10. The highest BCUT2D eigenvalue weighted by Crippen LogP contribution is 2.39. The van der Waals surface area contributed by atoms with Gasteiger partial charge in [0.25, 0.3) is 0 Å². The molecule has 0 N–H and O–H groups in total. The Bertz CT molecular complexity index is 1140. The van der Waals surface area contributed by atoms with Gasteiger partial charge in [0, 0.05) is 9.52 Å². The molecule has 0 fully saturated rings. The summed E-state index contributed by atoms with van der Waals surface area (Å²) >= 11 is 0. The van der Waals surface area contributed by atoms with Crippen LogP contribution < -0.4 is 0 Å². The van der Waals surface area contributed by atoms with Gasteiger partial charge in [-0.15, -0.1) is 0 Å². The molecule has 0 saturated heterocycles. The largest absolute Gasteiger partial charge is 0.0619 e. The third-order valence-electron chi connectivity index (χ3n) is 6.53. The third kappa shape index (κ3) is 2.80. The second-order valence-corrected chi connectivity index (χ2v) is 9.37. The molecule has 0 unspecified atom stereocenters. The van der Waals surface area contributed by atoms with E-state index >= 15 is 0 Å². The topological polar surface area (TPSA) is 0 Å². The van der Waals surface area contributed by atoms with Gasteiger partial charge in [-0.1, -0.05) is 84.9 Å². The van der Waals surface area contributed by atoms with E-state index in [2.05, 4.69) is 84.9 Å². The van der Waals surface area contributed by atoms with Crippen molar-refractivity contribution in [2.45, 2.75) is 24.9 Å². The van der Waals surface area contributed by atoms with Crippen molar-refractivity contribution in [2.75, 3.05) is 0 Å². The van der Waals surface area contributed by atoms with Crippen molar-refractivity contribution in [2.24, 2.45) is 0 Å². The molecule has 0 aliphatic heterocycles. The molecule has 2 aliphatic rings. The van der Waals surface area contributed by atoms with Crippen molar-refractivity contribution in [1.29, 1.82) is 0 Å². The van der Waals surface area contributed by atoms with Gasteiger partial charge in [-0.2, -0.15) is 0 Å². The SMILES string of the molecule is c1ccc2c(c1)Cc1c(C[Si]Cc3cccc4c3Cc3ccccc3-4)cccc1-2. The highest BCUT2D eigenvalue weighted by molar-refractivity contribution is 6.34. The molecule has 2 aliphatic carbocycles. The molecule has 0 aromatic heterocycles. The molecule has 0 nitrogen and oxygen atoms in total. The Hall–Kier alpha value is -2.90. The lowest BCUT2D eigenvalue weighted by atomic mass is 10.0. The van der Waals surface area contributed by atoms with Gasteiger partial charge in [0.05, 0.1) is 0 Å². The van der Waals surface area contributed by atoms with Gasteiger partial charge in [-0.3, -0.25) is 0 Å². The number of fused-ring (bicyclic) bond motifs is 6. The summed E-state index contributed by atoms with van der Waals surface area (Å²) in [6.45, 7) is 0. The molecule has 29 heavy (non-hydrogen) atoms. The summed E-state index contributed by atoms with van der Waals surface area (Å²) < 4.78 is 0. The smallest absolute Gasteiger partial charge is 0.0478 e. The Balaban J connectivity index is 1.23. The average Bonchev–Trinajstić information content (AvgIpc) is 3.33. The molecule has 2 radical (unpaired) electrons. The van der Waals surface area contributed by atoms with E-state index in [0.717, 1.165) is 22.4 Å². The quantitative estimate of drug-likeness (QED) is 0.315. The van der Waals surface area contributed by atoms with E-state index in [1.807, 2.05) is 0 Å². The lowest BCUT2D eigenvalue weighted by Crippen LogP contribution is -2.06. The van der Waals surface area contributed by atoms with Crippen molar-refractivity contribution in [3.8, 4) is 22.3 Å². The Kier molecular flexibility index (Phi) is 4.02. The van der Waals surface area contributed by atoms with Crippen LogP contribution in [0.2, 0.25) is 0 Å². The molecule has 0 amide bonds. The molecular weight excluding hydrogens is 364 g/mol. The van der Waals surface area contributed by atoms with Gasteiger partial charge in [0.2, 0.25) is 0 Å². The van der Waals surface area contributed by atoms with Crippen LogP contribution in [0.25, 0.3) is 22.3 Å². The maximum atomic E-state index is 2.35. The van der Waals surface area contributed by atoms with Crippen LogP contribution in [0.15, 0.2) is 84.9 Å². The van der Waals surface area contributed by atoms with E-state index in [-0.39, 0.29) is 0 Å². The van der Waals surface area contributed by atoms with E-state index in [1.165, 1.54) is 45.5 Å². The number of hydrogen-bond acceptors (Lipinski definition) is 0. The van der Waals surface area contributed by atoms with Crippen LogP contribution >= 0.6 is 0 Å². The van der Waals surface area contributed by atoms with Crippen molar-refractivity contribution in [1.82, 2.24) is 0 Å². The molecule has 0 atom stereocenters. The number of benzene rings is 4. The molecule has 138 valence electrons. The lowest BCUT2D eigenvalue weighted by molar-refractivity contribution is 1.17. The Morgan fingerprint density at radius 2 is 0.931 bits per heavy atom. The first-order chi connectivity index (χ1) is 14.4. The fourth-order valence-electron chi connectivity index (χ4n) is 5.11. The van der Waals surface area contributed by atoms with Crippen molar-refractivity contribution >= 4 is 9.52 Å². The van der Waals surface area contributed by atoms with E-state index in [4.69, 9.17) is 0 Å². The molecule has 6 rings (SSSR count). The summed E-state index contributed by atoms with van der Waals surface area (Å²) in [5.74, 6) is 0. The summed E-state index contributed by atoms with van der Waals surface area (Å²) in [5.41, 5.74) is 15.0. The van der Waals surface area contributed by atoms with Crippen molar-refractivity contribution in [3.63, 3.8) is 0 Å². The van der Waals surface area contributed by atoms with Crippen molar-refractivity contribution < 1.29 is 0 Å². The van der Waals surface area contributed by atoms with Gasteiger partial charge < -0.3 is 0 Å². The van der Waals surface area contributed by atoms with Crippen LogP contribution in [0.3, 0.4) is 0 Å². The van der Waals surface area contributed by atoms with Gasteiger partial charge in [-0.25, -0.2) is 0 Å². The predicted octanol–water partition coefficient (Wildman–Crippen LogP) is 6.23.